The van der Waals surface area contributed by atoms with E-state index >= 15 is 0 Å². The molecule has 1 aliphatic heterocycles. The smallest absolute Gasteiger partial charge is 0.231 e. The highest BCUT2D eigenvalue weighted by atomic mass is 35.5. The third-order valence-corrected chi connectivity index (χ3v) is 5.42. The summed E-state index contributed by atoms with van der Waals surface area (Å²) >= 11 is 7.88. The number of aromatic nitrogens is 2. The van der Waals surface area contributed by atoms with Gasteiger partial charge in [-0.3, -0.25) is 4.79 Å². The van der Waals surface area contributed by atoms with E-state index in [0.717, 1.165) is 27.6 Å². The summed E-state index contributed by atoms with van der Waals surface area (Å²) in [6, 6.07) is 15.5. The zero-order chi connectivity index (χ0) is 17.2. The Morgan fingerprint density at radius 1 is 1.20 bits per heavy atom. The summed E-state index contributed by atoms with van der Waals surface area (Å²) in [5.74, 6) is 0.995. The molecule has 2 heterocycles. The first-order valence-electron chi connectivity index (χ1n) is 8.02. The number of carbonyl (C=O) groups excluding carboxylic acids is 1. The van der Waals surface area contributed by atoms with E-state index in [1.165, 1.54) is 0 Å². The lowest BCUT2D eigenvalue weighted by molar-refractivity contribution is -0.118. The van der Waals surface area contributed by atoms with Crippen molar-refractivity contribution < 1.29 is 4.79 Å². The predicted molar refractivity (Wildman–Crippen MR) is 102 cm³/mol. The fraction of sp³-hybridized carbons (Fsp3) is 0.158. The van der Waals surface area contributed by atoms with Gasteiger partial charge < -0.3 is 4.90 Å². The Morgan fingerprint density at radius 3 is 2.80 bits per heavy atom. The third-order valence-electron chi connectivity index (χ3n) is 4.15. The second kappa shape index (κ2) is 6.94. The van der Waals surface area contributed by atoms with Crippen molar-refractivity contribution in [3.8, 4) is 5.69 Å². The molecule has 4 rings (SSSR count). The number of halogens is 1. The van der Waals surface area contributed by atoms with E-state index in [-0.39, 0.29) is 5.91 Å². The van der Waals surface area contributed by atoms with Crippen molar-refractivity contribution in [3.63, 3.8) is 0 Å². The number of hydrogen-bond acceptors (Lipinski definition) is 3. The van der Waals surface area contributed by atoms with E-state index in [4.69, 9.17) is 11.6 Å². The fourth-order valence-electron chi connectivity index (χ4n) is 2.91. The summed E-state index contributed by atoms with van der Waals surface area (Å²) in [5, 5.41) is 4.87. The lowest BCUT2D eigenvalue weighted by Gasteiger charge is -2.29. The number of hydrogen-bond donors (Lipinski definition) is 0. The third kappa shape index (κ3) is 3.43. The normalized spacial score (nSPS) is 13.6. The average molecular weight is 370 g/mol. The maximum Gasteiger partial charge on any atom is 0.231 e. The maximum atomic E-state index is 12.8. The van der Waals surface area contributed by atoms with Crippen molar-refractivity contribution in [2.45, 2.75) is 11.3 Å². The summed E-state index contributed by atoms with van der Waals surface area (Å²) < 4.78 is 1.80. The number of carbonyl (C=O) groups is 1. The van der Waals surface area contributed by atoms with Gasteiger partial charge in [0.05, 0.1) is 17.8 Å². The number of fused-ring (bicyclic) bond motifs is 1. The predicted octanol–water partition coefficient (Wildman–Crippen LogP) is 4.21. The highest BCUT2D eigenvalue weighted by molar-refractivity contribution is 7.99. The molecule has 0 fully saturated rings. The molecule has 1 aromatic heterocycles. The molecule has 0 bridgehead atoms. The molecule has 1 amide bonds. The summed E-state index contributed by atoms with van der Waals surface area (Å²) in [6.07, 6.45) is 4.01. The molecule has 0 atom stereocenters. The minimum atomic E-state index is 0.0932. The number of nitrogens with zero attached hydrogens (tertiary/aromatic N) is 3. The van der Waals surface area contributed by atoms with Crippen LogP contribution in [0.3, 0.4) is 0 Å². The van der Waals surface area contributed by atoms with Gasteiger partial charge in [0.15, 0.2) is 0 Å². The van der Waals surface area contributed by atoms with Gasteiger partial charge in [-0.05, 0) is 42.0 Å². The van der Waals surface area contributed by atoms with Crippen LogP contribution in [0.1, 0.15) is 5.56 Å². The van der Waals surface area contributed by atoms with Gasteiger partial charge in [0.25, 0.3) is 0 Å². The largest absolute Gasteiger partial charge is 0.310 e. The quantitative estimate of drug-likeness (QED) is 0.694. The number of rotatable bonds is 3. The van der Waals surface area contributed by atoms with Crippen LogP contribution in [0.5, 0.6) is 0 Å². The van der Waals surface area contributed by atoms with Crippen LogP contribution in [-0.4, -0.2) is 28.0 Å². The molecular weight excluding hydrogens is 354 g/mol. The van der Waals surface area contributed by atoms with Gasteiger partial charge >= 0.3 is 0 Å². The summed E-state index contributed by atoms with van der Waals surface area (Å²) in [4.78, 5) is 15.8. The van der Waals surface area contributed by atoms with Gasteiger partial charge in [-0.1, -0.05) is 23.7 Å². The Balaban J connectivity index is 1.52. The van der Waals surface area contributed by atoms with Crippen LogP contribution < -0.4 is 4.90 Å². The molecule has 0 radical (unpaired) electrons. The van der Waals surface area contributed by atoms with E-state index in [1.54, 1.807) is 22.6 Å². The highest BCUT2D eigenvalue weighted by Gasteiger charge is 2.23. The van der Waals surface area contributed by atoms with Crippen LogP contribution in [0, 0.1) is 0 Å². The van der Waals surface area contributed by atoms with Gasteiger partial charge in [-0.2, -0.15) is 5.10 Å². The van der Waals surface area contributed by atoms with Gasteiger partial charge in [0.1, 0.15) is 0 Å². The number of benzene rings is 2. The number of amides is 1. The molecule has 126 valence electrons. The lowest BCUT2D eigenvalue weighted by atomic mass is 10.1. The van der Waals surface area contributed by atoms with Crippen LogP contribution in [-0.2, 0) is 11.2 Å². The molecule has 0 saturated carbocycles. The Bertz CT molecular complexity index is 894. The van der Waals surface area contributed by atoms with Gasteiger partial charge in [0, 0.05) is 34.6 Å². The van der Waals surface area contributed by atoms with Crippen molar-refractivity contribution >= 4 is 35.0 Å². The molecule has 1 aliphatic rings. The van der Waals surface area contributed by atoms with E-state index in [0.29, 0.717) is 18.0 Å². The molecule has 0 saturated heterocycles. The van der Waals surface area contributed by atoms with Gasteiger partial charge in [-0.15, -0.1) is 11.8 Å². The summed E-state index contributed by atoms with van der Waals surface area (Å²) in [7, 11) is 0. The SMILES string of the molecule is O=C(Cc1ccc(-n2cccn2)cc1)N1CCSc2ccc(Cl)cc21. The van der Waals surface area contributed by atoms with Crippen LogP contribution in [0.4, 0.5) is 5.69 Å². The lowest BCUT2D eigenvalue weighted by Crippen LogP contribution is -2.36. The van der Waals surface area contributed by atoms with Crippen LogP contribution >= 0.6 is 23.4 Å². The monoisotopic (exact) mass is 369 g/mol. The summed E-state index contributed by atoms with van der Waals surface area (Å²) in [5.41, 5.74) is 2.89. The average Bonchev–Trinajstić information content (AvgIpc) is 3.16. The minimum absolute atomic E-state index is 0.0932. The van der Waals surface area contributed by atoms with Gasteiger partial charge in [-0.25, -0.2) is 4.68 Å². The molecule has 0 aliphatic carbocycles. The van der Waals surface area contributed by atoms with E-state index in [2.05, 4.69) is 5.10 Å². The molecule has 3 aromatic rings. The Labute approximate surface area is 155 Å². The molecule has 6 heteroatoms. The van der Waals surface area contributed by atoms with Crippen LogP contribution in [0.25, 0.3) is 5.69 Å². The van der Waals surface area contributed by atoms with Crippen molar-refractivity contribution in [3.05, 3.63) is 71.5 Å². The van der Waals surface area contributed by atoms with Crippen molar-refractivity contribution in [1.29, 1.82) is 0 Å². The Morgan fingerprint density at radius 2 is 2.04 bits per heavy atom. The fourth-order valence-corrected chi connectivity index (χ4v) is 4.05. The molecule has 0 spiro atoms. The highest BCUT2D eigenvalue weighted by Crippen LogP contribution is 2.36. The second-order valence-electron chi connectivity index (χ2n) is 5.80. The molecule has 4 nitrogen and oxygen atoms in total. The second-order valence-corrected chi connectivity index (χ2v) is 7.37. The van der Waals surface area contributed by atoms with E-state index in [9.17, 15) is 4.79 Å². The van der Waals surface area contributed by atoms with Crippen LogP contribution in [0.15, 0.2) is 65.8 Å². The van der Waals surface area contributed by atoms with Crippen molar-refractivity contribution in [2.75, 3.05) is 17.2 Å². The molecular formula is C19H16ClN3OS. The molecule has 0 unspecified atom stereocenters. The van der Waals surface area contributed by atoms with Crippen molar-refractivity contribution in [2.24, 2.45) is 0 Å². The number of thioether (sulfide) groups is 1. The first kappa shape index (κ1) is 16.2. The zero-order valence-corrected chi connectivity index (χ0v) is 15.0. The summed E-state index contributed by atoms with van der Waals surface area (Å²) in [6.45, 7) is 0.711. The van der Waals surface area contributed by atoms with Crippen LogP contribution in [0.2, 0.25) is 5.02 Å². The Kier molecular flexibility index (Phi) is 4.51. The standard InChI is InChI=1S/C19H16ClN3OS/c20-15-4-7-18-17(13-15)22(10-11-25-18)19(24)12-14-2-5-16(6-3-14)23-9-1-8-21-23/h1-9,13H,10-12H2. The number of anilines is 1. The van der Waals surface area contributed by atoms with E-state index < -0.39 is 0 Å². The maximum absolute atomic E-state index is 12.8. The minimum Gasteiger partial charge on any atom is -0.310 e. The molecule has 0 N–H and O–H groups in total. The van der Waals surface area contributed by atoms with E-state index in [1.807, 2.05) is 59.6 Å². The Hall–Kier alpha value is -2.24. The zero-order valence-electron chi connectivity index (χ0n) is 13.4. The topological polar surface area (TPSA) is 38.1 Å². The molecule has 2 aromatic carbocycles. The van der Waals surface area contributed by atoms with Gasteiger partial charge in [0.2, 0.25) is 5.91 Å². The molecule has 25 heavy (non-hydrogen) atoms. The first-order valence-corrected chi connectivity index (χ1v) is 9.39. The first-order chi connectivity index (χ1) is 12.2. The van der Waals surface area contributed by atoms with Crippen molar-refractivity contribution in [1.82, 2.24) is 9.78 Å².